The molecule has 2 amide bonds. The van der Waals surface area contributed by atoms with E-state index in [9.17, 15) is 9.59 Å². The third-order valence-electron chi connectivity index (χ3n) is 4.84. The number of aromatic nitrogens is 5. The number of anilines is 2. The summed E-state index contributed by atoms with van der Waals surface area (Å²) in [6.07, 6.45) is 6.60. The molecule has 5 aromatic rings. The van der Waals surface area contributed by atoms with Crippen molar-refractivity contribution >= 4 is 34.7 Å². The van der Waals surface area contributed by atoms with Crippen molar-refractivity contribution in [1.29, 1.82) is 0 Å². The van der Waals surface area contributed by atoms with Crippen LogP contribution in [0.1, 0.15) is 20.7 Å². The van der Waals surface area contributed by atoms with Crippen LogP contribution < -0.4 is 10.6 Å². The van der Waals surface area contributed by atoms with Crippen molar-refractivity contribution < 1.29 is 9.59 Å². The lowest BCUT2D eigenvalue weighted by molar-refractivity contribution is 0.101. The molecule has 0 aliphatic heterocycles. The zero-order chi connectivity index (χ0) is 21.9. The van der Waals surface area contributed by atoms with Crippen LogP contribution in [-0.2, 0) is 0 Å². The van der Waals surface area contributed by atoms with Gasteiger partial charge in [-0.3, -0.25) is 25.2 Å². The molecule has 0 saturated heterocycles. The fourth-order valence-electron chi connectivity index (χ4n) is 3.34. The number of nitrogens with one attached hydrogen (secondary N) is 4. The lowest BCUT2D eigenvalue weighted by atomic mass is 10.0. The molecule has 0 atom stereocenters. The normalized spacial score (nSPS) is 10.8. The minimum absolute atomic E-state index is 0.245. The first kappa shape index (κ1) is 19.2. The van der Waals surface area contributed by atoms with Crippen molar-refractivity contribution in [1.82, 2.24) is 24.9 Å². The Kier molecular flexibility index (Phi) is 4.89. The van der Waals surface area contributed by atoms with Crippen LogP contribution in [-0.4, -0.2) is 36.7 Å². The number of fused-ring (bicyclic) bond motifs is 1. The summed E-state index contributed by atoms with van der Waals surface area (Å²) in [7, 11) is 0. The number of hydrogen-bond acceptors (Lipinski definition) is 5. The molecule has 2 aromatic carbocycles. The third kappa shape index (κ3) is 3.82. The second-order valence-corrected chi connectivity index (χ2v) is 6.96. The van der Waals surface area contributed by atoms with E-state index >= 15 is 0 Å². The molecule has 0 saturated carbocycles. The standard InChI is InChI=1S/C23H17N7O2/c31-20(15-5-1-4-14(12-15)16-6-3-9-24-13-16)29-23-27-18-8-2-7-17(19(18)28-23)21(32)30-22-25-10-11-26-22/h1-13H,(H2,25,26,30,32)(H2,27,28,29,31). The van der Waals surface area contributed by atoms with Gasteiger partial charge in [-0.15, -0.1) is 0 Å². The molecule has 5 rings (SSSR count). The number of H-pyrrole nitrogens is 2. The number of para-hydroxylation sites is 1. The topological polar surface area (TPSA) is 128 Å². The number of hydrogen-bond donors (Lipinski definition) is 4. The summed E-state index contributed by atoms with van der Waals surface area (Å²) >= 11 is 0. The average Bonchev–Trinajstić information content (AvgIpc) is 3.48. The lowest BCUT2D eigenvalue weighted by Gasteiger charge is -2.05. The van der Waals surface area contributed by atoms with Crippen LogP contribution in [0.5, 0.6) is 0 Å². The summed E-state index contributed by atoms with van der Waals surface area (Å²) in [5.74, 6) is -0.102. The van der Waals surface area contributed by atoms with Crippen molar-refractivity contribution in [3.05, 3.63) is 90.5 Å². The number of carbonyl (C=O) groups is 2. The summed E-state index contributed by atoms with van der Waals surface area (Å²) in [5.41, 5.74) is 3.69. The Bertz CT molecular complexity index is 1410. The largest absolute Gasteiger partial charge is 0.331 e. The van der Waals surface area contributed by atoms with Crippen LogP contribution in [0.3, 0.4) is 0 Å². The highest BCUT2D eigenvalue weighted by molar-refractivity contribution is 6.11. The van der Waals surface area contributed by atoms with Gasteiger partial charge in [-0.25, -0.2) is 9.97 Å². The molecule has 156 valence electrons. The van der Waals surface area contributed by atoms with E-state index in [0.717, 1.165) is 11.1 Å². The minimum Gasteiger partial charge on any atom is -0.331 e. The van der Waals surface area contributed by atoms with Crippen LogP contribution in [0.4, 0.5) is 11.9 Å². The number of carbonyl (C=O) groups excluding carboxylic acids is 2. The summed E-state index contributed by atoms with van der Waals surface area (Å²) in [5, 5.41) is 5.44. The highest BCUT2D eigenvalue weighted by Gasteiger charge is 2.16. The van der Waals surface area contributed by atoms with Gasteiger partial charge in [0.2, 0.25) is 11.9 Å². The lowest BCUT2D eigenvalue weighted by Crippen LogP contribution is -2.14. The molecule has 0 aliphatic carbocycles. The molecule has 32 heavy (non-hydrogen) atoms. The summed E-state index contributed by atoms with van der Waals surface area (Å²) in [6.45, 7) is 0. The second kappa shape index (κ2) is 8.15. The maximum absolute atomic E-state index is 12.8. The minimum atomic E-state index is -0.362. The number of benzene rings is 2. The highest BCUT2D eigenvalue weighted by Crippen LogP contribution is 2.22. The molecule has 0 spiro atoms. The molecule has 3 heterocycles. The van der Waals surface area contributed by atoms with Gasteiger partial charge in [0.1, 0.15) is 5.52 Å². The predicted octanol–water partition coefficient (Wildman–Crippen LogP) is 3.85. The van der Waals surface area contributed by atoms with Gasteiger partial charge >= 0.3 is 0 Å². The molecule has 3 aromatic heterocycles. The zero-order valence-electron chi connectivity index (χ0n) is 16.7. The molecular weight excluding hydrogens is 406 g/mol. The smallest absolute Gasteiger partial charge is 0.260 e. The van der Waals surface area contributed by atoms with Crippen LogP contribution >= 0.6 is 0 Å². The fraction of sp³-hybridized carbons (Fsp3) is 0. The third-order valence-corrected chi connectivity index (χ3v) is 4.84. The van der Waals surface area contributed by atoms with Crippen molar-refractivity contribution in [2.24, 2.45) is 0 Å². The van der Waals surface area contributed by atoms with E-state index in [1.54, 1.807) is 55.1 Å². The van der Waals surface area contributed by atoms with Gasteiger partial charge in [0.25, 0.3) is 11.8 Å². The van der Waals surface area contributed by atoms with E-state index in [4.69, 9.17) is 0 Å². The molecule has 0 fully saturated rings. The second-order valence-electron chi connectivity index (χ2n) is 6.96. The Morgan fingerprint density at radius 2 is 1.69 bits per heavy atom. The highest BCUT2D eigenvalue weighted by atomic mass is 16.2. The van der Waals surface area contributed by atoms with Gasteiger partial charge in [0.15, 0.2) is 0 Å². The van der Waals surface area contributed by atoms with Crippen molar-refractivity contribution in [2.45, 2.75) is 0 Å². The average molecular weight is 423 g/mol. The molecule has 9 nitrogen and oxygen atoms in total. The van der Waals surface area contributed by atoms with E-state index in [1.165, 1.54) is 0 Å². The molecule has 4 N–H and O–H groups in total. The summed E-state index contributed by atoms with van der Waals surface area (Å²) in [4.78, 5) is 43.9. The Morgan fingerprint density at radius 1 is 0.844 bits per heavy atom. The SMILES string of the molecule is O=C(Nc1nc2c(C(=O)Nc3ncc[nH]3)cccc2[nH]1)c1cccc(-c2cccnc2)c1. The predicted molar refractivity (Wildman–Crippen MR) is 120 cm³/mol. The van der Waals surface area contributed by atoms with Gasteiger partial charge in [-0.2, -0.15) is 0 Å². The van der Waals surface area contributed by atoms with E-state index < -0.39 is 0 Å². The van der Waals surface area contributed by atoms with E-state index in [0.29, 0.717) is 28.1 Å². The summed E-state index contributed by atoms with van der Waals surface area (Å²) in [6, 6.07) is 16.2. The number of rotatable bonds is 5. The first-order valence-electron chi connectivity index (χ1n) is 9.79. The molecule has 0 bridgehead atoms. The van der Waals surface area contributed by atoms with Crippen molar-refractivity contribution in [2.75, 3.05) is 10.6 Å². The molecule has 0 aliphatic rings. The summed E-state index contributed by atoms with van der Waals surface area (Å²) < 4.78 is 0. The Labute approximate surface area is 182 Å². The van der Waals surface area contributed by atoms with E-state index in [2.05, 4.69) is 35.6 Å². The van der Waals surface area contributed by atoms with E-state index in [1.807, 2.05) is 24.3 Å². The van der Waals surface area contributed by atoms with Crippen LogP contribution in [0.2, 0.25) is 0 Å². The van der Waals surface area contributed by atoms with Crippen molar-refractivity contribution in [3.63, 3.8) is 0 Å². The number of amides is 2. The van der Waals surface area contributed by atoms with Gasteiger partial charge in [0, 0.05) is 35.9 Å². The Morgan fingerprint density at radius 3 is 2.50 bits per heavy atom. The van der Waals surface area contributed by atoms with Gasteiger partial charge in [0.05, 0.1) is 11.1 Å². The van der Waals surface area contributed by atoms with Crippen LogP contribution in [0.15, 0.2) is 79.4 Å². The molecule has 0 radical (unpaired) electrons. The number of aromatic amines is 2. The first-order chi connectivity index (χ1) is 15.7. The van der Waals surface area contributed by atoms with Gasteiger partial charge in [-0.1, -0.05) is 24.3 Å². The van der Waals surface area contributed by atoms with Gasteiger partial charge < -0.3 is 9.97 Å². The maximum Gasteiger partial charge on any atom is 0.260 e. The molecule has 9 heteroatoms. The zero-order valence-corrected chi connectivity index (χ0v) is 16.7. The molecular formula is C23H17N7O2. The van der Waals surface area contributed by atoms with Gasteiger partial charge in [-0.05, 0) is 35.9 Å². The number of pyridine rings is 1. The number of nitrogens with zero attached hydrogens (tertiary/aromatic N) is 3. The quantitative estimate of drug-likeness (QED) is 0.341. The molecule has 0 unspecified atom stereocenters. The van der Waals surface area contributed by atoms with Crippen LogP contribution in [0, 0.1) is 0 Å². The Hall–Kier alpha value is -4.79. The van der Waals surface area contributed by atoms with Crippen LogP contribution in [0.25, 0.3) is 22.2 Å². The maximum atomic E-state index is 12.8. The van der Waals surface area contributed by atoms with Crippen molar-refractivity contribution in [3.8, 4) is 11.1 Å². The monoisotopic (exact) mass is 423 g/mol. The fourth-order valence-corrected chi connectivity index (χ4v) is 3.34. The number of imidazole rings is 2. The first-order valence-corrected chi connectivity index (χ1v) is 9.79. The van der Waals surface area contributed by atoms with E-state index in [-0.39, 0.29) is 17.8 Å². The Balaban J connectivity index is 1.39.